The summed E-state index contributed by atoms with van der Waals surface area (Å²) in [6.07, 6.45) is 0. The molecule has 2 heterocycles. The van der Waals surface area contributed by atoms with Crippen LogP contribution in [-0.4, -0.2) is 28.8 Å². The van der Waals surface area contributed by atoms with E-state index in [4.69, 9.17) is 0 Å². The smallest absolute Gasteiger partial charge is 0.196 e. The van der Waals surface area contributed by atoms with Gasteiger partial charge in [0.25, 0.3) is 0 Å². The van der Waals surface area contributed by atoms with E-state index >= 15 is 0 Å². The Balaban J connectivity index is 2.23. The molecule has 0 radical (unpaired) electrons. The zero-order valence-corrected chi connectivity index (χ0v) is 8.76. The van der Waals surface area contributed by atoms with E-state index in [1.165, 1.54) is 0 Å². The Morgan fingerprint density at radius 3 is 2.71 bits per heavy atom. The summed E-state index contributed by atoms with van der Waals surface area (Å²) in [4.78, 5) is 4.28. The van der Waals surface area contributed by atoms with Gasteiger partial charge in [0, 0.05) is 13.6 Å². The lowest BCUT2D eigenvalue weighted by atomic mass is 10.3. The van der Waals surface area contributed by atoms with Gasteiger partial charge in [-0.15, -0.1) is 0 Å². The highest BCUT2D eigenvalue weighted by atomic mass is 15.3. The van der Waals surface area contributed by atoms with Crippen LogP contribution in [0.1, 0.15) is 11.4 Å². The molecule has 0 bridgehead atoms. The van der Waals surface area contributed by atoms with Crippen molar-refractivity contribution in [2.24, 2.45) is 12.0 Å². The predicted molar refractivity (Wildman–Crippen MR) is 56.6 cm³/mol. The second-order valence-corrected chi connectivity index (χ2v) is 3.45. The van der Waals surface area contributed by atoms with Crippen LogP contribution in [0.5, 0.6) is 0 Å². The largest absolute Gasteiger partial charge is 0.354 e. The molecule has 0 aromatic carbocycles. The van der Waals surface area contributed by atoms with E-state index in [0.29, 0.717) is 0 Å². The quantitative estimate of drug-likeness (QED) is 0.679. The van der Waals surface area contributed by atoms with Crippen LogP contribution in [0, 0.1) is 13.8 Å². The zero-order valence-electron chi connectivity index (χ0n) is 8.76. The normalized spacial score (nSPS) is 15.2. The summed E-state index contributed by atoms with van der Waals surface area (Å²) in [6, 6.07) is 0. The topological polar surface area (TPSA) is 54.2 Å². The Morgan fingerprint density at radius 2 is 2.21 bits per heavy atom. The molecule has 2 rings (SSSR count). The van der Waals surface area contributed by atoms with Crippen molar-refractivity contribution >= 4 is 11.6 Å². The van der Waals surface area contributed by atoms with Crippen molar-refractivity contribution in [2.75, 3.05) is 18.4 Å². The minimum Gasteiger partial charge on any atom is -0.354 e. The summed E-state index contributed by atoms with van der Waals surface area (Å²) in [6.45, 7) is 5.80. The first-order valence-electron chi connectivity index (χ1n) is 4.74. The van der Waals surface area contributed by atoms with Crippen molar-refractivity contribution in [3.8, 4) is 0 Å². The highest BCUT2D eigenvalue weighted by molar-refractivity contribution is 5.95. The third-order valence-electron chi connectivity index (χ3n) is 2.43. The monoisotopic (exact) mass is 193 g/mol. The standard InChI is InChI=1S/C9H15N5/c1-6-8(7(2)14(3)13-6)12-9-10-4-5-11-9/h4-5H2,1-3H3,(H2,10,11,12). The van der Waals surface area contributed by atoms with E-state index in [2.05, 4.69) is 20.7 Å². The van der Waals surface area contributed by atoms with Crippen LogP contribution in [-0.2, 0) is 7.05 Å². The molecule has 1 aromatic rings. The number of aromatic nitrogens is 2. The summed E-state index contributed by atoms with van der Waals surface area (Å²) in [5.41, 5.74) is 3.18. The highest BCUT2D eigenvalue weighted by Crippen LogP contribution is 2.18. The molecule has 0 saturated carbocycles. The molecule has 0 fully saturated rings. The van der Waals surface area contributed by atoms with E-state index in [1.54, 1.807) is 0 Å². The molecular formula is C9H15N5. The number of rotatable bonds is 1. The van der Waals surface area contributed by atoms with Gasteiger partial charge in [-0.25, -0.2) is 0 Å². The summed E-state index contributed by atoms with van der Waals surface area (Å²) < 4.78 is 1.87. The Bertz CT molecular complexity index is 377. The fourth-order valence-corrected chi connectivity index (χ4v) is 1.55. The zero-order chi connectivity index (χ0) is 10.1. The number of hydrogen-bond acceptors (Lipinski definition) is 4. The minimum atomic E-state index is 0.848. The number of nitrogens with one attached hydrogen (secondary N) is 2. The number of aryl methyl sites for hydroxylation is 2. The van der Waals surface area contributed by atoms with Gasteiger partial charge in [0.15, 0.2) is 5.96 Å². The molecule has 0 atom stereocenters. The van der Waals surface area contributed by atoms with Crippen molar-refractivity contribution in [3.05, 3.63) is 11.4 Å². The van der Waals surface area contributed by atoms with Crippen LogP contribution >= 0.6 is 0 Å². The van der Waals surface area contributed by atoms with Crippen molar-refractivity contribution in [1.82, 2.24) is 15.1 Å². The van der Waals surface area contributed by atoms with Crippen molar-refractivity contribution in [2.45, 2.75) is 13.8 Å². The van der Waals surface area contributed by atoms with Crippen molar-refractivity contribution in [3.63, 3.8) is 0 Å². The van der Waals surface area contributed by atoms with E-state index in [-0.39, 0.29) is 0 Å². The van der Waals surface area contributed by atoms with Gasteiger partial charge in [-0.05, 0) is 13.8 Å². The fraction of sp³-hybridized carbons (Fsp3) is 0.556. The Labute approximate surface area is 83.2 Å². The highest BCUT2D eigenvalue weighted by Gasteiger charge is 2.12. The molecule has 5 nitrogen and oxygen atoms in total. The Morgan fingerprint density at radius 1 is 1.43 bits per heavy atom. The number of guanidine groups is 1. The average Bonchev–Trinajstić information content (AvgIpc) is 2.71. The van der Waals surface area contributed by atoms with Crippen LogP contribution in [0.15, 0.2) is 4.99 Å². The van der Waals surface area contributed by atoms with Gasteiger partial charge >= 0.3 is 0 Å². The lowest BCUT2D eigenvalue weighted by molar-refractivity contribution is 0.731. The summed E-state index contributed by atoms with van der Waals surface area (Å²) in [5, 5.41) is 10.7. The van der Waals surface area contributed by atoms with E-state index in [1.807, 2.05) is 25.6 Å². The SMILES string of the molecule is Cc1nn(C)c(C)c1NC1=NCCN1. The summed E-state index contributed by atoms with van der Waals surface area (Å²) in [7, 11) is 1.94. The molecule has 0 saturated heterocycles. The van der Waals surface area contributed by atoms with Gasteiger partial charge in [-0.3, -0.25) is 9.67 Å². The molecule has 0 spiro atoms. The lowest BCUT2D eigenvalue weighted by Crippen LogP contribution is -2.26. The first-order chi connectivity index (χ1) is 6.68. The molecule has 1 aliphatic heterocycles. The summed E-state index contributed by atoms with van der Waals surface area (Å²) >= 11 is 0. The molecule has 76 valence electrons. The number of nitrogens with zero attached hydrogens (tertiary/aromatic N) is 3. The molecule has 0 unspecified atom stereocenters. The maximum atomic E-state index is 4.32. The molecule has 14 heavy (non-hydrogen) atoms. The van der Waals surface area contributed by atoms with Crippen LogP contribution in [0.25, 0.3) is 0 Å². The van der Waals surface area contributed by atoms with E-state index in [9.17, 15) is 0 Å². The average molecular weight is 193 g/mol. The van der Waals surface area contributed by atoms with Gasteiger partial charge in [-0.2, -0.15) is 5.10 Å². The maximum Gasteiger partial charge on any atom is 0.196 e. The molecule has 1 aliphatic rings. The van der Waals surface area contributed by atoms with Gasteiger partial charge in [0.2, 0.25) is 0 Å². The van der Waals surface area contributed by atoms with Crippen molar-refractivity contribution < 1.29 is 0 Å². The third kappa shape index (κ3) is 1.45. The van der Waals surface area contributed by atoms with Gasteiger partial charge in [0.05, 0.1) is 23.6 Å². The van der Waals surface area contributed by atoms with Crippen LogP contribution < -0.4 is 10.6 Å². The molecule has 0 amide bonds. The number of anilines is 1. The second-order valence-electron chi connectivity index (χ2n) is 3.45. The predicted octanol–water partition coefficient (Wildman–Crippen LogP) is 0.408. The number of hydrogen-bond donors (Lipinski definition) is 2. The molecule has 0 aliphatic carbocycles. The van der Waals surface area contributed by atoms with Gasteiger partial charge < -0.3 is 10.6 Å². The lowest BCUT2D eigenvalue weighted by Gasteiger charge is -2.06. The van der Waals surface area contributed by atoms with E-state index < -0.39 is 0 Å². The molecule has 2 N–H and O–H groups in total. The van der Waals surface area contributed by atoms with Gasteiger partial charge in [0.1, 0.15) is 0 Å². The maximum absolute atomic E-state index is 4.32. The molecular weight excluding hydrogens is 178 g/mol. The van der Waals surface area contributed by atoms with Gasteiger partial charge in [-0.1, -0.05) is 0 Å². The van der Waals surface area contributed by atoms with E-state index in [0.717, 1.165) is 36.1 Å². The second kappa shape index (κ2) is 3.32. The molecule has 5 heteroatoms. The Hall–Kier alpha value is -1.52. The van der Waals surface area contributed by atoms with Crippen LogP contribution in [0.4, 0.5) is 5.69 Å². The first kappa shape index (κ1) is 9.05. The Kier molecular flexibility index (Phi) is 2.15. The first-order valence-corrected chi connectivity index (χ1v) is 4.74. The number of aliphatic imine (C=N–C) groups is 1. The van der Waals surface area contributed by atoms with Crippen molar-refractivity contribution in [1.29, 1.82) is 0 Å². The van der Waals surface area contributed by atoms with Crippen LogP contribution in [0.3, 0.4) is 0 Å². The van der Waals surface area contributed by atoms with Crippen LogP contribution in [0.2, 0.25) is 0 Å². The summed E-state index contributed by atoms with van der Waals surface area (Å²) in [5.74, 6) is 0.851. The third-order valence-corrected chi connectivity index (χ3v) is 2.43. The molecule has 1 aromatic heterocycles. The minimum absolute atomic E-state index is 0.848. The fourth-order valence-electron chi connectivity index (χ4n) is 1.55.